The predicted octanol–water partition coefficient (Wildman–Crippen LogP) is 2.88. The molecule has 0 bridgehead atoms. The number of hydrogen-bond acceptors (Lipinski definition) is 2. The first-order valence-corrected chi connectivity index (χ1v) is 5.17. The lowest BCUT2D eigenvalue weighted by Gasteiger charge is -2.17. The molecule has 0 N–H and O–H groups in total. The van der Waals surface area contributed by atoms with Gasteiger partial charge >= 0.3 is 0 Å². The van der Waals surface area contributed by atoms with Crippen LogP contribution in [0, 0.1) is 0 Å². The molecule has 0 heterocycles. The van der Waals surface area contributed by atoms with Crippen molar-refractivity contribution in [3.63, 3.8) is 0 Å². The van der Waals surface area contributed by atoms with Crippen LogP contribution in [0.4, 0.5) is 0 Å². The molecule has 0 aromatic carbocycles. The third kappa shape index (κ3) is 2.09. The number of allylic oxidation sites excluding steroid dienone is 2. The summed E-state index contributed by atoms with van der Waals surface area (Å²) in [7, 11) is 1.90. The van der Waals surface area contributed by atoms with Crippen LogP contribution in [0.25, 0.3) is 0 Å². The zero-order valence-corrected chi connectivity index (χ0v) is 8.29. The molecular formula is C9H15NS. The number of thioether (sulfide) groups is 1. The van der Waals surface area contributed by atoms with Crippen LogP contribution in [0.1, 0.15) is 26.2 Å². The average Bonchev–Trinajstić information content (AvgIpc) is 2.05. The molecule has 0 atom stereocenters. The maximum atomic E-state index is 4.25. The number of rotatable bonds is 1. The van der Waals surface area contributed by atoms with Crippen molar-refractivity contribution >= 4 is 17.5 Å². The summed E-state index contributed by atoms with van der Waals surface area (Å²) < 4.78 is 0. The minimum absolute atomic E-state index is 1.10. The minimum Gasteiger partial charge on any atom is -0.297 e. The monoisotopic (exact) mass is 169 g/mol. The van der Waals surface area contributed by atoms with E-state index in [2.05, 4.69) is 18.2 Å². The third-order valence-electron chi connectivity index (χ3n) is 2.19. The van der Waals surface area contributed by atoms with Crippen molar-refractivity contribution in [3.8, 4) is 0 Å². The standard InChI is InChI=1S/C9H15NS/c1-7-4-5-8(10-2)6-9(7)11-3/h4-6H2,1-3H3. The fourth-order valence-electron chi connectivity index (χ4n) is 1.33. The molecule has 0 aromatic heterocycles. The van der Waals surface area contributed by atoms with Crippen molar-refractivity contribution in [2.75, 3.05) is 13.3 Å². The van der Waals surface area contributed by atoms with Crippen LogP contribution in [0.3, 0.4) is 0 Å². The summed E-state index contributed by atoms with van der Waals surface area (Å²) in [6, 6.07) is 0. The van der Waals surface area contributed by atoms with E-state index in [1.165, 1.54) is 23.5 Å². The SMILES string of the molecule is CN=C1CCC(C)=C(SC)C1. The second-order valence-electron chi connectivity index (χ2n) is 2.87. The van der Waals surface area contributed by atoms with Crippen LogP contribution in [-0.4, -0.2) is 19.0 Å². The first kappa shape index (κ1) is 8.85. The quantitative estimate of drug-likeness (QED) is 0.588. The van der Waals surface area contributed by atoms with Gasteiger partial charge in [0.25, 0.3) is 0 Å². The molecule has 11 heavy (non-hydrogen) atoms. The van der Waals surface area contributed by atoms with Gasteiger partial charge in [0.1, 0.15) is 0 Å². The van der Waals surface area contributed by atoms with Gasteiger partial charge in [-0.3, -0.25) is 4.99 Å². The molecule has 0 unspecified atom stereocenters. The summed E-state index contributed by atoms with van der Waals surface area (Å²) in [5.41, 5.74) is 2.92. The smallest absolute Gasteiger partial charge is 0.0276 e. The van der Waals surface area contributed by atoms with Crippen LogP contribution < -0.4 is 0 Å². The molecule has 0 amide bonds. The van der Waals surface area contributed by atoms with Crippen LogP contribution in [0.2, 0.25) is 0 Å². The highest BCUT2D eigenvalue weighted by Gasteiger charge is 2.12. The molecule has 0 aromatic rings. The average molecular weight is 169 g/mol. The molecule has 62 valence electrons. The van der Waals surface area contributed by atoms with Crippen LogP contribution in [0.15, 0.2) is 15.5 Å². The zero-order valence-electron chi connectivity index (χ0n) is 7.48. The molecule has 1 aliphatic carbocycles. The number of nitrogens with zero attached hydrogens (tertiary/aromatic N) is 1. The summed E-state index contributed by atoms with van der Waals surface area (Å²) in [5.74, 6) is 0. The zero-order chi connectivity index (χ0) is 8.27. The Morgan fingerprint density at radius 3 is 2.64 bits per heavy atom. The van der Waals surface area contributed by atoms with E-state index < -0.39 is 0 Å². The molecule has 1 rings (SSSR count). The van der Waals surface area contributed by atoms with Crippen molar-refractivity contribution in [1.82, 2.24) is 0 Å². The molecule has 0 radical (unpaired) electrons. The van der Waals surface area contributed by atoms with E-state index in [1.807, 2.05) is 18.8 Å². The number of aliphatic imine (C=N–C) groups is 1. The van der Waals surface area contributed by atoms with Crippen molar-refractivity contribution in [2.45, 2.75) is 26.2 Å². The highest BCUT2D eigenvalue weighted by molar-refractivity contribution is 8.02. The van der Waals surface area contributed by atoms with E-state index in [-0.39, 0.29) is 0 Å². The summed E-state index contributed by atoms with van der Waals surface area (Å²) in [5, 5.41) is 0. The maximum Gasteiger partial charge on any atom is 0.0276 e. The van der Waals surface area contributed by atoms with Crippen molar-refractivity contribution in [1.29, 1.82) is 0 Å². The Balaban J connectivity index is 2.73. The Bertz CT molecular complexity index is 204. The highest BCUT2D eigenvalue weighted by atomic mass is 32.2. The molecule has 1 nitrogen and oxygen atoms in total. The molecular weight excluding hydrogens is 154 g/mol. The second-order valence-corrected chi connectivity index (χ2v) is 3.78. The lowest BCUT2D eigenvalue weighted by Crippen LogP contribution is -2.06. The van der Waals surface area contributed by atoms with Gasteiger partial charge in [0.05, 0.1) is 0 Å². The predicted molar refractivity (Wildman–Crippen MR) is 53.4 cm³/mol. The lowest BCUT2D eigenvalue weighted by molar-refractivity contribution is 0.941. The fraction of sp³-hybridized carbons (Fsp3) is 0.667. The van der Waals surface area contributed by atoms with E-state index in [4.69, 9.17) is 0 Å². The molecule has 0 saturated heterocycles. The summed E-state index contributed by atoms with van der Waals surface area (Å²) in [6.45, 7) is 2.23. The van der Waals surface area contributed by atoms with E-state index in [0.717, 1.165) is 6.42 Å². The van der Waals surface area contributed by atoms with Gasteiger partial charge in [-0.1, -0.05) is 5.57 Å². The van der Waals surface area contributed by atoms with Gasteiger partial charge < -0.3 is 0 Å². The highest BCUT2D eigenvalue weighted by Crippen LogP contribution is 2.29. The summed E-state index contributed by atoms with van der Waals surface area (Å²) >= 11 is 1.87. The molecule has 0 saturated carbocycles. The van der Waals surface area contributed by atoms with Gasteiger partial charge in [-0.05, 0) is 30.9 Å². The van der Waals surface area contributed by atoms with E-state index in [1.54, 1.807) is 5.57 Å². The first-order chi connectivity index (χ1) is 5.27. The normalized spacial score (nSPS) is 23.0. The summed E-state index contributed by atoms with van der Waals surface area (Å²) in [6.07, 6.45) is 5.64. The largest absolute Gasteiger partial charge is 0.297 e. The molecule has 0 aliphatic heterocycles. The van der Waals surface area contributed by atoms with Crippen LogP contribution in [0.5, 0.6) is 0 Å². The molecule has 1 aliphatic rings. The molecule has 2 heteroatoms. The van der Waals surface area contributed by atoms with Crippen molar-refractivity contribution < 1.29 is 0 Å². The van der Waals surface area contributed by atoms with E-state index in [0.29, 0.717) is 0 Å². The Morgan fingerprint density at radius 2 is 2.09 bits per heavy atom. The molecule has 0 fully saturated rings. The Hall–Kier alpha value is -0.240. The van der Waals surface area contributed by atoms with Crippen LogP contribution in [-0.2, 0) is 0 Å². The Labute approximate surface area is 73.0 Å². The van der Waals surface area contributed by atoms with E-state index in [9.17, 15) is 0 Å². The van der Waals surface area contributed by atoms with Gasteiger partial charge in [-0.25, -0.2) is 0 Å². The van der Waals surface area contributed by atoms with Gasteiger partial charge in [0.15, 0.2) is 0 Å². The molecule has 0 spiro atoms. The van der Waals surface area contributed by atoms with Crippen molar-refractivity contribution in [3.05, 3.63) is 10.5 Å². The number of hydrogen-bond donors (Lipinski definition) is 0. The minimum atomic E-state index is 1.10. The first-order valence-electron chi connectivity index (χ1n) is 3.95. The Morgan fingerprint density at radius 1 is 1.36 bits per heavy atom. The topological polar surface area (TPSA) is 12.4 Å². The third-order valence-corrected chi connectivity index (χ3v) is 3.18. The van der Waals surface area contributed by atoms with Crippen molar-refractivity contribution in [2.24, 2.45) is 4.99 Å². The summed E-state index contributed by atoms with van der Waals surface area (Å²) in [4.78, 5) is 5.77. The fourth-order valence-corrected chi connectivity index (χ4v) is 2.09. The van der Waals surface area contributed by atoms with Gasteiger partial charge in [0, 0.05) is 19.2 Å². The maximum absolute atomic E-state index is 4.25. The second kappa shape index (κ2) is 3.96. The van der Waals surface area contributed by atoms with Gasteiger partial charge in [-0.15, -0.1) is 11.8 Å². The van der Waals surface area contributed by atoms with E-state index >= 15 is 0 Å². The lowest BCUT2D eigenvalue weighted by atomic mass is 9.99. The van der Waals surface area contributed by atoms with Gasteiger partial charge in [0.2, 0.25) is 0 Å². The van der Waals surface area contributed by atoms with Gasteiger partial charge in [-0.2, -0.15) is 0 Å². The van der Waals surface area contributed by atoms with Crippen LogP contribution >= 0.6 is 11.8 Å². The Kier molecular flexibility index (Phi) is 3.18.